The summed E-state index contributed by atoms with van der Waals surface area (Å²) in [5.41, 5.74) is 0. The Labute approximate surface area is 141 Å². The van der Waals surface area contributed by atoms with Crippen LogP contribution in [-0.2, 0) is 14.8 Å². The summed E-state index contributed by atoms with van der Waals surface area (Å²) in [5, 5.41) is 3.00. The van der Waals surface area contributed by atoms with E-state index in [1.54, 1.807) is 4.31 Å². The Kier molecular flexibility index (Phi) is 6.89. The average Bonchev–Trinajstić information content (AvgIpc) is 3.38. The Bertz CT molecular complexity index is 474. The largest absolute Gasteiger partial charge is 0.356 e. The minimum atomic E-state index is -3.03. The molecule has 0 atom stereocenters. The number of nitrogens with zero attached hydrogens (tertiary/aromatic N) is 1. The molecule has 5 nitrogen and oxygen atoms in total. The van der Waals surface area contributed by atoms with E-state index in [-0.39, 0.29) is 17.1 Å². The molecule has 0 aromatic heterocycles. The standard InChI is InChI=1S/C17H32N2O3S/c1-3-5-15(6-4-2)17(20)18-13-14-9-11-19(12-10-14)23(21,22)16-7-8-16/h14-16H,3-13H2,1-2H3,(H,18,20). The molecular weight excluding hydrogens is 312 g/mol. The first kappa shape index (κ1) is 18.7. The van der Waals surface area contributed by atoms with Gasteiger partial charge >= 0.3 is 0 Å². The molecule has 0 aromatic rings. The molecule has 0 radical (unpaired) electrons. The monoisotopic (exact) mass is 344 g/mol. The lowest BCUT2D eigenvalue weighted by molar-refractivity contribution is -0.125. The van der Waals surface area contributed by atoms with Crippen molar-refractivity contribution in [3.63, 3.8) is 0 Å². The normalized spacial score (nSPS) is 20.8. The molecule has 6 heteroatoms. The highest BCUT2D eigenvalue weighted by molar-refractivity contribution is 7.90. The van der Waals surface area contributed by atoms with Crippen LogP contribution in [0.2, 0.25) is 0 Å². The molecule has 134 valence electrons. The van der Waals surface area contributed by atoms with Crippen molar-refractivity contribution < 1.29 is 13.2 Å². The fourth-order valence-corrected chi connectivity index (χ4v) is 5.31. The van der Waals surface area contributed by atoms with Crippen LogP contribution in [0.3, 0.4) is 0 Å². The van der Waals surface area contributed by atoms with E-state index >= 15 is 0 Å². The average molecular weight is 345 g/mol. The molecule has 1 heterocycles. The molecule has 1 N–H and O–H groups in total. The lowest BCUT2D eigenvalue weighted by Crippen LogP contribution is -2.43. The number of hydrogen-bond acceptors (Lipinski definition) is 3. The molecule has 1 saturated heterocycles. The molecule has 1 aliphatic heterocycles. The van der Waals surface area contributed by atoms with Crippen molar-refractivity contribution in [1.82, 2.24) is 9.62 Å². The minimum Gasteiger partial charge on any atom is -0.356 e. The fraction of sp³-hybridized carbons (Fsp3) is 0.941. The van der Waals surface area contributed by atoms with E-state index < -0.39 is 10.0 Å². The number of hydrogen-bond donors (Lipinski definition) is 1. The van der Waals surface area contributed by atoms with Crippen LogP contribution in [0.25, 0.3) is 0 Å². The summed E-state index contributed by atoms with van der Waals surface area (Å²) < 4.78 is 26.1. The molecule has 2 fully saturated rings. The number of nitrogens with one attached hydrogen (secondary N) is 1. The Hall–Kier alpha value is -0.620. The van der Waals surface area contributed by atoms with E-state index in [9.17, 15) is 13.2 Å². The lowest BCUT2D eigenvalue weighted by atomic mass is 9.95. The number of amides is 1. The molecule has 23 heavy (non-hydrogen) atoms. The summed E-state index contributed by atoms with van der Waals surface area (Å²) in [5.74, 6) is 0.732. The summed E-state index contributed by atoms with van der Waals surface area (Å²) in [6, 6.07) is 0. The maximum absolute atomic E-state index is 12.3. The van der Waals surface area contributed by atoms with Gasteiger partial charge in [-0.05, 0) is 44.4 Å². The first-order valence-corrected chi connectivity index (χ1v) is 10.8. The Balaban J connectivity index is 1.72. The highest BCUT2D eigenvalue weighted by atomic mass is 32.2. The van der Waals surface area contributed by atoms with Crippen LogP contribution in [0.5, 0.6) is 0 Å². The van der Waals surface area contributed by atoms with Crippen molar-refractivity contribution >= 4 is 15.9 Å². The predicted octanol–water partition coefficient (Wildman–Crippen LogP) is 2.52. The van der Waals surface area contributed by atoms with Gasteiger partial charge in [0.2, 0.25) is 15.9 Å². The van der Waals surface area contributed by atoms with Crippen molar-refractivity contribution in [2.75, 3.05) is 19.6 Å². The van der Waals surface area contributed by atoms with Crippen LogP contribution in [0, 0.1) is 11.8 Å². The van der Waals surface area contributed by atoms with E-state index in [4.69, 9.17) is 0 Å². The molecule has 2 aliphatic rings. The minimum absolute atomic E-state index is 0.109. The number of piperidine rings is 1. The highest BCUT2D eigenvalue weighted by Crippen LogP contribution is 2.33. The second-order valence-electron chi connectivity index (χ2n) is 7.11. The van der Waals surface area contributed by atoms with E-state index in [1.807, 2.05) is 0 Å². The first-order valence-electron chi connectivity index (χ1n) is 9.25. The smallest absolute Gasteiger partial charge is 0.223 e. The van der Waals surface area contributed by atoms with Crippen molar-refractivity contribution in [2.24, 2.45) is 11.8 Å². The molecular formula is C17H32N2O3S. The summed E-state index contributed by atoms with van der Waals surface area (Å²) >= 11 is 0. The number of rotatable bonds is 9. The van der Waals surface area contributed by atoms with Gasteiger partial charge in [0.25, 0.3) is 0 Å². The summed E-state index contributed by atoms with van der Waals surface area (Å²) in [7, 11) is -3.03. The van der Waals surface area contributed by atoms with E-state index in [1.165, 1.54) is 0 Å². The van der Waals surface area contributed by atoms with E-state index in [2.05, 4.69) is 19.2 Å². The fourth-order valence-electron chi connectivity index (χ4n) is 3.44. The Morgan fingerprint density at radius 3 is 2.13 bits per heavy atom. The Morgan fingerprint density at radius 2 is 1.65 bits per heavy atom. The van der Waals surface area contributed by atoms with Crippen LogP contribution >= 0.6 is 0 Å². The van der Waals surface area contributed by atoms with E-state index in [0.717, 1.165) is 51.4 Å². The van der Waals surface area contributed by atoms with Gasteiger partial charge in [0, 0.05) is 25.6 Å². The van der Waals surface area contributed by atoms with Gasteiger partial charge in [0.15, 0.2) is 0 Å². The van der Waals surface area contributed by atoms with Crippen LogP contribution < -0.4 is 5.32 Å². The van der Waals surface area contributed by atoms with Gasteiger partial charge < -0.3 is 5.32 Å². The van der Waals surface area contributed by atoms with Crippen molar-refractivity contribution in [1.29, 1.82) is 0 Å². The van der Waals surface area contributed by atoms with Gasteiger partial charge in [-0.2, -0.15) is 0 Å². The molecule has 1 aliphatic carbocycles. The lowest BCUT2D eigenvalue weighted by Gasteiger charge is -2.31. The maximum Gasteiger partial charge on any atom is 0.223 e. The zero-order chi connectivity index (χ0) is 16.9. The summed E-state index contributed by atoms with van der Waals surface area (Å²) in [6.45, 7) is 6.16. The zero-order valence-electron chi connectivity index (χ0n) is 14.6. The quantitative estimate of drug-likeness (QED) is 0.699. The van der Waals surface area contributed by atoms with Crippen LogP contribution in [0.1, 0.15) is 65.2 Å². The molecule has 0 spiro atoms. The molecule has 2 rings (SSSR count). The third-order valence-corrected chi connectivity index (χ3v) is 7.49. The van der Waals surface area contributed by atoms with Crippen LogP contribution in [0.15, 0.2) is 0 Å². The van der Waals surface area contributed by atoms with Gasteiger partial charge in [-0.15, -0.1) is 0 Å². The maximum atomic E-state index is 12.3. The van der Waals surface area contributed by atoms with Crippen molar-refractivity contribution in [3.05, 3.63) is 0 Å². The van der Waals surface area contributed by atoms with Crippen molar-refractivity contribution in [2.45, 2.75) is 70.5 Å². The highest BCUT2D eigenvalue weighted by Gasteiger charge is 2.41. The van der Waals surface area contributed by atoms with Crippen LogP contribution in [0.4, 0.5) is 0 Å². The first-order chi connectivity index (χ1) is 11.0. The number of sulfonamides is 1. The predicted molar refractivity (Wildman–Crippen MR) is 92.6 cm³/mol. The van der Waals surface area contributed by atoms with Gasteiger partial charge in [-0.3, -0.25) is 4.79 Å². The summed E-state index contributed by atoms with van der Waals surface area (Å²) in [6.07, 6.45) is 7.36. The van der Waals surface area contributed by atoms with Gasteiger partial charge in [-0.25, -0.2) is 12.7 Å². The molecule has 0 aromatic carbocycles. The van der Waals surface area contributed by atoms with Crippen molar-refractivity contribution in [3.8, 4) is 0 Å². The molecule has 1 saturated carbocycles. The molecule has 0 unspecified atom stereocenters. The van der Waals surface area contributed by atoms with Crippen LogP contribution in [-0.4, -0.2) is 43.5 Å². The number of carbonyl (C=O) groups excluding carboxylic acids is 1. The molecule has 1 amide bonds. The van der Waals surface area contributed by atoms with Gasteiger partial charge in [0.1, 0.15) is 0 Å². The van der Waals surface area contributed by atoms with E-state index in [0.29, 0.717) is 25.6 Å². The zero-order valence-corrected chi connectivity index (χ0v) is 15.4. The third kappa shape index (κ3) is 5.18. The number of carbonyl (C=O) groups is 1. The third-order valence-electron chi connectivity index (χ3n) is 5.09. The van der Waals surface area contributed by atoms with Gasteiger partial charge in [-0.1, -0.05) is 26.7 Å². The second-order valence-corrected chi connectivity index (χ2v) is 9.32. The second kappa shape index (κ2) is 8.47. The Morgan fingerprint density at radius 1 is 1.09 bits per heavy atom. The SMILES string of the molecule is CCCC(CCC)C(=O)NCC1CCN(S(=O)(=O)C2CC2)CC1. The molecule has 0 bridgehead atoms. The van der Waals surface area contributed by atoms with Gasteiger partial charge in [0.05, 0.1) is 5.25 Å². The summed E-state index contributed by atoms with van der Waals surface area (Å²) in [4.78, 5) is 12.3. The topological polar surface area (TPSA) is 66.5 Å².